The SMILES string of the molecule is COCCCc1nc(=S)cc(C(C)C)[nH]1. The van der Waals surface area contributed by atoms with Crippen molar-refractivity contribution in [3.8, 4) is 0 Å². The molecule has 0 saturated heterocycles. The first kappa shape index (κ1) is 12.3. The van der Waals surface area contributed by atoms with Crippen LogP contribution in [0.3, 0.4) is 0 Å². The van der Waals surface area contributed by atoms with Gasteiger partial charge in [0, 0.05) is 25.8 Å². The predicted octanol–water partition coefficient (Wildman–Crippen LogP) is 2.84. The van der Waals surface area contributed by atoms with Gasteiger partial charge in [0.05, 0.1) is 0 Å². The van der Waals surface area contributed by atoms with Gasteiger partial charge in [-0.15, -0.1) is 0 Å². The molecule has 3 nitrogen and oxygen atoms in total. The van der Waals surface area contributed by atoms with E-state index in [1.165, 1.54) is 0 Å². The van der Waals surface area contributed by atoms with Gasteiger partial charge in [-0.1, -0.05) is 26.1 Å². The van der Waals surface area contributed by atoms with Crippen LogP contribution in [0.25, 0.3) is 0 Å². The van der Waals surface area contributed by atoms with Crippen LogP contribution in [0.1, 0.15) is 37.7 Å². The van der Waals surface area contributed by atoms with Crippen molar-refractivity contribution in [2.75, 3.05) is 13.7 Å². The van der Waals surface area contributed by atoms with Crippen molar-refractivity contribution in [1.82, 2.24) is 9.97 Å². The molecule has 1 aromatic heterocycles. The highest BCUT2D eigenvalue weighted by Gasteiger charge is 2.02. The Bertz CT molecular complexity index is 360. The highest BCUT2D eigenvalue weighted by molar-refractivity contribution is 7.71. The van der Waals surface area contributed by atoms with Crippen molar-refractivity contribution in [3.63, 3.8) is 0 Å². The summed E-state index contributed by atoms with van der Waals surface area (Å²) in [7, 11) is 1.71. The fourth-order valence-corrected chi connectivity index (χ4v) is 1.58. The lowest BCUT2D eigenvalue weighted by atomic mass is 10.1. The van der Waals surface area contributed by atoms with Gasteiger partial charge in [0.1, 0.15) is 10.5 Å². The number of nitrogens with one attached hydrogen (secondary N) is 1. The van der Waals surface area contributed by atoms with Crippen molar-refractivity contribution in [2.45, 2.75) is 32.6 Å². The highest BCUT2D eigenvalue weighted by Crippen LogP contribution is 2.11. The monoisotopic (exact) mass is 226 g/mol. The zero-order valence-electron chi connectivity index (χ0n) is 9.54. The molecule has 0 saturated carbocycles. The van der Waals surface area contributed by atoms with Crippen molar-refractivity contribution in [3.05, 3.63) is 22.2 Å². The maximum atomic E-state index is 5.12. The molecule has 1 rings (SSSR count). The maximum Gasteiger partial charge on any atom is 0.129 e. The average molecular weight is 226 g/mol. The number of aryl methyl sites for hydroxylation is 1. The molecule has 0 aliphatic rings. The van der Waals surface area contributed by atoms with Gasteiger partial charge in [0.25, 0.3) is 0 Å². The summed E-state index contributed by atoms with van der Waals surface area (Å²) in [5.41, 5.74) is 1.16. The second-order valence-corrected chi connectivity index (χ2v) is 4.29. The molecule has 0 bridgehead atoms. The molecule has 0 radical (unpaired) electrons. The lowest BCUT2D eigenvalue weighted by Crippen LogP contribution is -2.03. The number of nitrogens with zero attached hydrogens (tertiary/aromatic N) is 1. The van der Waals surface area contributed by atoms with E-state index < -0.39 is 0 Å². The van der Waals surface area contributed by atoms with Crippen molar-refractivity contribution in [2.24, 2.45) is 0 Å². The van der Waals surface area contributed by atoms with Crippen molar-refractivity contribution < 1.29 is 4.74 Å². The zero-order chi connectivity index (χ0) is 11.3. The Morgan fingerprint density at radius 2 is 2.27 bits per heavy atom. The smallest absolute Gasteiger partial charge is 0.129 e. The Balaban J connectivity index is 2.75. The second-order valence-electron chi connectivity index (χ2n) is 3.87. The lowest BCUT2D eigenvalue weighted by Gasteiger charge is -2.08. The fraction of sp³-hybridized carbons (Fsp3) is 0.636. The van der Waals surface area contributed by atoms with Crippen LogP contribution in [-0.4, -0.2) is 23.7 Å². The predicted molar refractivity (Wildman–Crippen MR) is 63.7 cm³/mol. The van der Waals surface area contributed by atoms with Crippen LogP contribution in [0.5, 0.6) is 0 Å². The number of ether oxygens (including phenoxy) is 1. The summed E-state index contributed by atoms with van der Waals surface area (Å²) in [6.45, 7) is 5.03. The van der Waals surface area contributed by atoms with Crippen LogP contribution in [0, 0.1) is 4.64 Å². The van der Waals surface area contributed by atoms with Crippen LogP contribution >= 0.6 is 12.2 Å². The molecule has 0 aromatic carbocycles. The molecule has 0 aliphatic heterocycles. The van der Waals surface area contributed by atoms with E-state index in [2.05, 4.69) is 23.8 Å². The zero-order valence-corrected chi connectivity index (χ0v) is 10.4. The Labute approximate surface area is 95.9 Å². The van der Waals surface area contributed by atoms with Crippen molar-refractivity contribution >= 4 is 12.2 Å². The average Bonchev–Trinajstić information content (AvgIpc) is 2.17. The minimum atomic E-state index is 0.455. The Kier molecular flexibility index (Phi) is 4.91. The van der Waals surface area contributed by atoms with E-state index in [-0.39, 0.29) is 0 Å². The fourth-order valence-electron chi connectivity index (χ4n) is 1.34. The molecule has 1 aromatic rings. The first-order valence-electron chi connectivity index (χ1n) is 5.22. The van der Waals surface area contributed by atoms with Crippen LogP contribution in [0.15, 0.2) is 6.07 Å². The van der Waals surface area contributed by atoms with Gasteiger partial charge < -0.3 is 9.72 Å². The minimum Gasteiger partial charge on any atom is -0.385 e. The van der Waals surface area contributed by atoms with Gasteiger partial charge in [-0.05, 0) is 18.4 Å². The Morgan fingerprint density at radius 1 is 1.53 bits per heavy atom. The standard InChI is InChI=1S/C11H18N2OS/c1-8(2)9-7-11(15)13-10(12-9)5-4-6-14-3/h7-8H,4-6H2,1-3H3,(H,12,13,15). The third-order valence-corrected chi connectivity index (χ3v) is 2.41. The largest absolute Gasteiger partial charge is 0.385 e. The Morgan fingerprint density at radius 3 is 2.87 bits per heavy atom. The first-order chi connectivity index (χ1) is 7.13. The molecule has 84 valence electrons. The number of hydrogen-bond acceptors (Lipinski definition) is 3. The van der Waals surface area contributed by atoms with E-state index in [4.69, 9.17) is 17.0 Å². The first-order valence-corrected chi connectivity index (χ1v) is 5.63. The van der Waals surface area contributed by atoms with Gasteiger partial charge in [-0.25, -0.2) is 4.98 Å². The molecule has 1 N–H and O–H groups in total. The molecular formula is C11H18N2OS. The van der Waals surface area contributed by atoms with E-state index in [9.17, 15) is 0 Å². The molecule has 0 spiro atoms. The number of aromatic nitrogens is 2. The summed E-state index contributed by atoms with van der Waals surface area (Å²) in [6, 6.07) is 1.93. The summed E-state index contributed by atoms with van der Waals surface area (Å²) in [6.07, 6.45) is 1.86. The van der Waals surface area contributed by atoms with Crippen LogP contribution < -0.4 is 0 Å². The van der Waals surface area contributed by atoms with Gasteiger partial charge in [0.2, 0.25) is 0 Å². The summed E-state index contributed by atoms with van der Waals surface area (Å²) >= 11 is 5.12. The molecular weight excluding hydrogens is 208 g/mol. The van der Waals surface area contributed by atoms with Gasteiger partial charge >= 0.3 is 0 Å². The summed E-state index contributed by atoms with van der Waals surface area (Å²) < 4.78 is 5.67. The number of hydrogen-bond donors (Lipinski definition) is 1. The second kappa shape index (κ2) is 5.98. The number of aromatic amines is 1. The molecule has 0 atom stereocenters. The normalized spacial score (nSPS) is 10.9. The van der Waals surface area contributed by atoms with Crippen LogP contribution in [-0.2, 0) is 11.2 Å². The van der Waals surface area contributed by atoms with Gasteiger partial charge in [0.15, 0.2) is 0 Å². The molecule has 0 fully saturated rings. The third-order valence-electron chi connectivity index (χ3n) is 2.20. The van der Waals surface area contributed by atoms with Crippen molar-refractivity contribution in [1.29, 1.82) is 0 Å². The molecule has 4 heteroatoms. The molecule has 0 amide bonds. The molecule has 0 unspecified atom stereocenters. The lowest BCUT2D eigenvalue weighted by molar-refractivity contribution is 0.194. The van der Waals surface area contributed by atoms with E-state index >= 15 is 0 Å². The molecule has 0 aliphatic carbocycles. The van der Waals surface area contributed by atoms with E-state index in [0.29, 0.717) is 10.6 Å². The third kappa shape index (κ3) is 4.10. The van der Waals surface area contributed by atoms with Crippen LogP contribution in [0.4, 0.5) is 0 Å². The summed E-state index contributed by atoms with van der Waals surface area (Å²) in [4.78, 5) is 7.60. The van der Waals surface area contributed by atoms with E-state index in [0.717, 1.165) is 31.0 Å². The summed E-state index contributed by atoms with van der Waals surface area (Å²) in [5, 5.41) is 0. The quantitative estimate of drug-likeness (QED) is 0.619. The molecule has 15 heavy (non-hydrogen) atoms. The number of H-pyrrole nitrogens is 1. The number of methoxy groups -OCH3 is 1. The Hall–Kier alpha value is -0.740. The van der Waals surface area contributed by atoms with E-state index in [1.54, 1.807) is 7.11 Å². The van der Waals surface area contributed by atoms with Gasteiger partial charge in [-0.2, -0.15) is 0 Å². The van der Waals surface area contributed by atoms with Gasteiger partial charge in [-0.3, -0.25) is 0 Å². The maximum absolute atomic E-state index is 5.12. The molecule has 1 heterocycles. The van der Waals surface area contributed by atoms with Crippen LogP contribution in [0.2, 0.25) is 0 Å². The topological polar surface area (TPSA) is 37.9 Å². The summed E-state index contributed by atoms with van der Waals surface area (Å²) in [5.74, 6) is 1.42. The van der Waals surface area contributed by atoms with E-state index in [1.807, 2.05) is 6.07 Å². The number of rotatable bonds is 5. The highest BCUT2D eigenvalue weighted by atomic mass is 32.1. The minimum absolute atomic E-state index is 0.455.